The Labute approximate surface area is 158 Å². The van der Waals surface area contributed by atoms with E-state index >= 15 is 0 Å². The first-order valence-electron chi connectivity index (χ1n) is 8.96. The predicted molar refractivity (Wildman–Crippen MR) is 101 cm³/mol. The molecule has 0 radical (unpaired) electrons. The average Bonchev–Trinajstić information content (AvgIpc) is 3.35. The summed E-state index contributed by atoms with van der Waals surface area (Å²) in [5, 5.41) is 0. The lowest BCUT2D eigenvalue weighted by atomic mass is 10.0. The highest BCUT2D eigenvalue weighted by atomic mass is 16.3. The van der Waals surface area contributed by atoms with Crippen LogP contribution in [0, 0.1) is 13.8 Å². The maximum absolute atomic E-state index is 12.7. The van der Waals surface area contributed by atoms with E-state index in [0.29, 0.717) is 30.2 Å². The zero-order valence-corrected chi connectivity index (χ0v) is 15.6. The molecule has 0 atom stereocenters. The minimum absolute atomic E-state index is 0.0256. The second-order valence-electron chi connectivity index (χ2n) is 6.63. The van der Waals surface area contributed by atoms with E-state index < -0.39 is 0 Å². The molecule has 0 N–H and O–H groups in total. The Bertz CT molecular complexity index is 858. The lowest BCUT2D eigenvalue weighted by molar-refractivity contribution is -0.133. The molecular formula is C22H23NO4. The van der Waals surface area contributed by atoms with Crippen molar-refractivity contribution in [3.8, 4) is 0 Å². The summed E-state index contributed by atoms with van der Waals surface area (Å²) in [6.07, 6.45) is 3.48. The fourth-order valence-electron chi connectivity index (χ4n) is 2.85. The highest BCUT2D eigenvalue weighted by Crippen LogP contribution is 2.16. The van der Waals surface area contributed by atoms with E-state index in [1.165, 1.54) is 0 Å². The van der Waals surface area contributed by atoms with E-state index in [-0.39, 0.29) is 24.5 Å². The quantitative estimate of drug-likeness (QED) is 0.544. The molecule has 0 saturated heterocycles. The van der Waals surface area contributed by atoms with Crippen LogP contribution in [0.5, 0.6) is 0 Å². The standard InChI is InChI=1S/C22H23NO4/c1-16-7-8-18(13-17(16)2)21(24)9-10-22(25)23(14-19-5-3-11-26-19)15-20-6-4-12-27-20/h3-8,11-13H,9-10,14-15H2,1-2H3. The summed E-state index contributed by atoms with van der Waals surface area (Å²) in [4.78, 5) is 26.8. The molecule has 5 nitrogen and oxygen atoms in total. The number of amides is 1. The molecule has 2 heterocycles. The van der Waals surface area contributed by atoms with Gasteiger partial charge in [0.15, 0.2) is 5.78 Å². The molecule has 0 bridgehead atoms. The van der Waals surface area contributed by atoms with Crippen molar-refractivity contribution in [2.45, 2.75) is 39.8 Å². The summed E-state index contributed by atoms with van der Waals surface area (Å²) >= 11 is 0. The summed E-state index contributed by atoms with van der Waals surface area (Å²) in [6.45, 7) is 4.66. The molecule has 0 saturated carbocycles. The minimum atomic E-state index is -0.111. The van der Waals surface area contributed by atoms with E-state index in [2.05, 4.69) is 0 Å². The third-order valence-electron chi connectivity index (χ3n) is 4.60. The van der Waals surface area contributed by atoms with Crippen molar-refractivity contribution in [1.29, 1.82) is 0 Å². The van der Waals surface area contributed by atoms with Crippen LogP contribution in [-0.2, 0) is 17.9 Å². The van der Waals surface area contributed by atoms with Crippen LogP contribution < -0.4 is 0 Å². The van der Waals surface area contributed by atoms with Gasteiger partial charge < -0.3 is 13.7 Å². The number of carbonyl (C=O) groups excluding carboxylic acids is 2. The van der Waals surface area contributed by atoms with Gasteiger partial charge in [0, 0.05) is 18.4 Å². The van der Waals surface area contributed by atoms with Crippen molar-refractivity contribution in [3.05, 3.63) is 83.2 Å². The van der Waals surface area contributed by atoms with Crippen molar-refractivity contribution < 1.29 is 18.4 Å². The van der Waals surface area contributed by atoms with Crippen LogP contribution in [0.1, 0.15) is 45.8 Å². The smallest absolute Gasteiger partial charge is 0.223 e. The van der Waals surface area contributed by atoms with Crippen LogP contribution >= 0.6 is 0 Å². The number of nitrogens with zero attached hydrogens (tertiary/aromatic N) is 1. The van der Waals surface area contributed by atoms with E-state index in [9.17, 15) is 9.59 Å². The zero-order chi connectivity index (χ0) is 19.2. The maximum Gasteiger partial charge on any atom is 0.223 e. The van der Waals surface area contributed by atoms with Crippen molar-refractivity contribution in [3.63, 3.8) is 0 Å². The first-order chi connectivity index (χ1) is 13.0. The van der Waals surface area contributed by atoms with E-state index in [0.717, 1.165) is 11.1 Å². The lowest BCUT2D eigenvalue weighted by Crippen LogP contribution is -2.30. The second kappa shape index (κ2) is 8.54. The Morgan fingerprint density at radius 2 is 1.48 bits per heavy atom. The number of ketones is 1. The Balaban J connectivity index is 1.64. The first kappa shape index (κ1) is 18.7. The topological polar surface area (TPSA) is 63.7 Å². The summed E-state index contributed by atoms with van der Waals surface area (Å²) in [5.74, 6) is 1.24. The van der Waals surface area contributed by atoms with Crippen LogP contribution in [0.25, 0.3) is 0 Å². The summed E-state index contributed by atoms with van der Waals surface area (Å²) in [6, 6.07) is 12.8. The first-order valence-corrected chi connectivity index (χ1v) is 8.96. The number of aryl methyl sites for hydroxylation is 2. The van der Waals surface area contributed by atoms with Gasteiger partial charge in [-0.25, -0.2) is 0 Å². The fraction of sp³-hybridized carbons (Fsp3) is 0.273. The van der Waals surface area contributed by atoms with Crippen molar-refractivity contribution in [2.75, 3.05) is 0 Å². The number of hydrogen-bond acceptors (Lipinski definition) is 4. The number of hydrogen-bond donors (Lipinski definition) is 0. The molecule has 0 unspecified atom stereocenters. The van der Waals surface area contributed by atoms with Crippen LogP contribution in [0.15, 0.2) is 63.8 Å². The van der Waals surface area contributed by atoms with Gasteiger partial charge in [-0.2, -0.15) is 0 Å². The lowest BCUT2D eigenvalue weighted by Gasteiger charge is -2.20. The molecule has 5 heteroatoms. The Morgan fingerprint density at radius 1 is 0.852 bits per heavy atom. The van der Waals surface area contributed by atoms with Crippen molar-refractivity contribution in [1.82, 2.24) is 4.90 Å². The Kier molecular flexibility index (Phi) is 5.91. The number of carbonyl (C=O) groups is 2. The van der Waals surface area contributed by atoms with Crippen LogP contribution in [-0.4, -0.2) is 16.6 Å². The molecule has 0 fully saturated rings. The zero-order valence-electron chi connectivity index (χ0n) is 15.6. The Morgan fingerprint density at radius 3 is 2.00 bits per heavy atom. The highest BCUT2D eigenvalue weighted by molar-refractivity contribution is 5.98. The molecule has 0 aliphatic carbocycles. The highest BCUT2D eigenvalue weighted by Gasteiger charge is 2.19. The molecule has 0 spiro atoms. The monoisotopic (exact) mass is 365 g/mol. The SMILES string of the molecule is Cc1ccc(C(=O)CCC(=O)N(Cc2ccco2)Cc2ccco2)cc1C. The Hall–Kier alpha value is -3.08. The number of benzene rings is 1. The second-order valence-corrected chi connectivity index (χ2v) is 6.63. The number of Topliss-reactive ketones (excluding diaryl/α,β-unsaturated/α-hetero) is 1. The molecule has 3 rings (SSSR count). The van der Waals surface area contributed by atoms with Crippen molar-refractivity contribution >= 4 is 11.7 Å². The van der Waals surface area contributed by atoms with Crippen LogP contribution in [0.3, 0.4) is 0 Å². The van der Waals surface area contributed by atoms with Gasteiger partial charge in [-0.3, -0.25) is 9.59 Å². The molecule has 0 aliphatic rings. The molecule has 3 aromatic rings. The molecule has 1 amide bonds. The van der Waals surface area contributed by atoms with Gasteiger partial charge in [-0.15, -0.1) is 0 Å². The van der Waals surface area contributed by atoms with Crippen molar-refractivity contribution in [2.24, 2.45) is 0 Å². The van der Waals surface area contributed by atoms with Gasteiger partial charge in [0.25, 0.3) is 0 Å². The number of furan rings is 2. The summed E-state index contributed by atoms with van der Waals surface area (Å²) < 4.78 is 10.7. The van der Waals surface area contributed by atoms with E-state index in [1.807, 2.05) is 44.2 Å². The van der Waals surface area contributed by atoms with Crippen LogP contribution in [0.4, 0.5) is 0 Å². The van der Waals surface area contributed by atoms with Gasteiger partial charge in [-0.1, -0.05) is 12.1 Å². The summed E-state index contributed by atoms with van der Waals surface area (Å²) in [7, 11) is 0. The van der Waals surface area contributed by atoms with E-state index in [4.69, 9.17) is 8.83 Å². The molecule has 140 valence electrons. The van der Waals surface area contributed by atoms with E-state index in [1.54, 1.807) is 29.6 Å². The molecule has 1 aromatic carbocycles. The minimum Gasteiger partial charge on any atom is -0.467 e. The predicted octanol–water partition coefficient (Wildman–Crippen LogP) is 4.68. The van der Waals surface area contributed by atoms with Gasteiger partial charge in [0.05, 0.1) is 25.6 Å². The van der Waals surface area contributed by atoms with Gasteiger partial charge in [-0.05, 0) is 55.3 Å². The summed E-state index contributed by atoms with van der Waals surface area (Å²) in [5.41, 5.74) is 2.87. The molecule has 2 aromatic heterocycles. The third-order valence-corrected chi connectivity index (χ3v) is 4.60. The molecular weight excluding hydrogens is 342 g/mol. The van der Waals surface area contributed by atoms with Gasteiger partial charge >= 0.3 is 0 Å². The average molecular weight is 365 g/mol. The number of rotatable bonds is 8. The van der Waals surface area contributed by atoms with Gasteiger partial charge in [0.2, 0.25) is 5.91 Å². The largest absolute Gasteiger partial charge is 0.467 e. The van der Waals surface area contributed by atoms with Gasteiger partial charge in [0.1, 0.15) is 11.5 Å². The van der Waals surface area contributed by atoms with Crippen LogP contribution in [0.2, 0.25) is 0 Å². The maximum atomic E-state index is 12.7. The third kappa shape index (κ3) is 4.97. The fourth-order valence-corrected chi connectivity index (χ4v) is 2.85. The molecule has 27 heavy (non-hydrogen) atoms. The molecule has 0 aliphatic heterocycles. The normalized spacial score (nSPS) is 10.7.